The van der Waals surface area contributed by atoms with Gasteiger partial charge in [-0.25, -0.2) is 4.98 Å². The Morgan fingerprint density at radius 2 is 2.12 bits per heavy atom. The van der Waals surface area contributed by atoms with Gasteiger partial charge in [0.1, 0.15) is 5.82 Å². The topological polar surface area (TPSA) is 98.5 Å². The smallest absolute Gasteiger partial charge is 0.251 e. The SMILES string of the molecule is Nc1cc(C(=O)NCC2CCCCC2)cc2nc(-c3ccc(Cl)o3)nn12. The van der Waals surface area contributed by atoms with E-state index in [0.717, 1.165) is 0 Å². The highest BCUT2D eigenvalue weighted by atomic mass is 35.5. The fraction of sp³-hybridized carbons (Fsp3) is 0.389. The van der Waals surface area contributed by atoms with Crippen molar-refractivity contribution < 1.29 is 9.21 Å². The first-order chi connectivity index (χ1) is 12.6. The van der Waals surface area contributed by atoms with Crippen LogP contribution in [0.3, 0.4) is 0 Å². The molecule has 0 unspecified atom stereocenters. The molecule has 7 nitrogen and oxygen atoms in total. The van der Waals surface area contributed by atoms with E-state index in [-0.39, 0.29) is 11.1 Å². The molecule has 1 aliphatic carbocycles. The lowest BCUT2D eigenvalue weighted by molar-refractivity contribution is 0.0943. The molecule has 0 radical (unpaired) electrons. The van der Waals surface area contributed by atoms with Crippen LogP contribution in [0.4, 0.5) is 5.82 Å². The van der Waals surface area contributed by atoms with Crippen LogP contribution in [0.25, 0.3) is 17.2 Å². The summed E-state index contributed by atoms with van der Waals surface area (Å²) in [6, 6.07) is 6.59. The number of amides is 1. The highest BCUT2D eigenvalue weighted by molar-refractivity contribution is 6.28. The Labute approximate surface area is 155 Å². The van der Waals surface area contributed by atoms with Gasteiger partial charge in [-0.3, -0.25) is 4.79 Å². The molecule has 1 aliphatic rings. The van der Waals surface area contributed by atoms with Crippen molar-refractivity contribution in [2.45, 2.75) is 32.1 Å². The molecule has 1 amide bonds. The molecule has 3 aromatic rings. The van der Waals surface area contributed by atoms with Crippen LogP contribution in [0, 0.1) is 5.92 Å². The maximum Gasteiger partial charge on any atom is 0.251 e. The number of nitrogens with zero attached hydrogens (tertiary/aromatic N) is 3. The molecule has 0 saturated heterocycles. The molecule has 3 N–H and O–H groups in total. The summed E-state index contributed by atoms with van der Waals surface area (Å²) in [6.07, 6.45) is 6.16. The number of rotatable bonds is 4. The number of hydrogen-bond donors (Lipinski definition) is 2. The maximum absolute atomic E-state index is 12.5. The second-order valence-corrected chi connectivity index (χ2v) is 7.06. The molecule has 136 valence electrons. The Morgan fingerprint density at radius 1 is 1.31 bits per heavy atom. The van der Waals surface area contributed by atoms with Gasteiger partial charge < -0.3 is 15.5 Å². The van der Waals surface area contributed by atoms with Crippen LogP contribution in [-0.4, -0.2) is 27.0 Å². The Balaban J connectivity index is 1.54. The fourth-order valence-electron chi connectivity index (χ4n) is 3.41. The number of carbonyl (C=O) groups excluding carboxylic acids is 1. The highest BCUT2D eigenvalue weighted by Gasteiger charge is 2.17. The monoisotopic (exact) mass is 373 g/mol. The largest absolute Gasteiger partial charge is 0.441 e. The fourth-order valence-corrected chi connectivity index (χ4v) is 3.56. The number of nitrogens with two attached hydrogens (primary N) is 1. The summed E-state index contributed by atoms with van der Waals surface area (Å²) < 4.78 is 6.81. The minimum atomic E-state index is -0.143. The van der Waals surface area contributed by atoms with Gasteiger partial charge in [0.05, 0.1) is 0 Å². The molecule has 0 aromatic carbocycles. The molecular formula is C18H20ClN5O2. The minimum Gasteiger partial charge on any atom is -0.441 e. The molecule has 1 fully saturated rings. The second kappa shape index (κ2) is 6.99. The van der Waals surface area contributed by atoms with Crippen molar-refractivity contribution in [2.75, 3.05) is 12.3 Å². The van der Waals surface area contributed by atoms with E-state index in [1.165, 1.54) is 36.6 Å². The van der Waals surface area contributed by atoms with Crippen molar-refractivity contribution in [3.8, 4) is 11.6 Å². The van der Waals surface area contributed by atoms with Crippen LogP contribution in [-0.2, 0) is 0 Å². The van der Waals surface area contributed by atoms with Crippen molar-refractivity contribution in [1.29, 1.82) is 0 Å². The standard InChI is InChI=1S/C18H20ClN5O2/c19-14-7-6-13(26-14)17-22-16-9-12(8-15(20)24(16)23-17)18(25)21-10-11-4-2-1-3-5-11/h6-9,11H,1-5,10,20H2,(H,21,25). The van der Waals surface area contributed by atoms with Crippen LogP contribution in [0.1, 0.15) is 42.5 Å². The zero-order chi connectivity index (χ0) is 18.1. The number of carbonyl (C=O) groups is 1. The summed E-state index contributed by atoms with van der Waals surface area (Å²) in [6.45, 7) is 0.701. The summed E-state index contributed by atoms with van der Waals surface area (Å²) in [5, 5.41) is 7.59. The van der Waals surface area contributed by atoms with Gasteiger partial charge in [-0.1, -0.05) is 19.3 Å². The van der Waals surface area contributed by atoms with Crippen LogP contribution < -0.4 is 11.1 Å². The molecule has 0 spiro atoms. The molecule has 0 aliphatic heterocycles. The Bertz CT molecular complexity index is 942. The number of pyridine rings is 1. The average molecular weight is 374 g/mol. The van der Waals surface area contributed by atoms with E-state index < -0.39 is 0 Å². The van der Waals surface area contributed by atoms with E-state index in [1.54, 1.807) is 24.3 Å². The number of nitrogens with one attached hydrogen (secondary N) is 1. The molecule has 4 rings (SSSR count). The van der Waals surface area contributed by atoms with Crippen LogP contribution in [0.15, 0.2) is 28.7 Å². The van der Waals surface area contributed by atoms with E-state index in [0.29, 0.717) is 41.1 Å². The predicted molar refractivity (Wildman–Crippen MR) is 99.0 cm³/mol. The van der Waals surface area contributed by atoms with Crippen LogP contribution in [0.2, 0.25) is 5.22 Å². The van der Waals surface area contributed by atoms with E-state index in [4.69, 9.17) is 21.8 Å². The van der Waals surface area contributed by atoms with Gasteiger partial charge in [-0.15, -0.1) is 5.10 Å². The summed E-state index contributed by atoms with van der Waals surface area (Å²) in [5.41, 5.74) is 7.01. The van der Waals surface area contributed by atoms with Gasteiger partial charge in [0.2, 0.25) is 5.82 Å². The van der Waals surface area contributed by atoms with Gasteiger partial charge >= 0.3 is 0 Å². The normalized spacial score (nSPS) is 15.4. The maximum atomic E-state index is 12.5. The minimum absolute atomic E-state index is 0.143. The number of halogens is 1. The lowest BCUT2D eigenvalue weighted by Crippen LogP contribution is -2.30. The van der Waals surface area contributed by atoms with Gasteiger partial charge in [-0.2, -0.15) is 4.52 Å². The Hall–Kier alpha value is -2.54. The summed E-state index contributed by atoms with van der Waals surface area (Å²) in [4.78, 5) is 16.9. The molecule has 8 heteroatoms. The van der Waals surface area contributed by atoms with Gasteiger partial charge in [0.25, 0.3) is 5.91 Å². The lowest BCUT2D eigenvalue weighted by atomic mass is 9.89. The van der Waals surface area contributed by atoms with Crippen molar-refractivity contribution in [3.05, 3.63) is 35.0 Å². The quantitative estimate of drug-likeness (QED) is 0.728. The molecule has 0 bridgehead atoms. The third kappa shape index (κ3) is 3.39. The van der Waals surface area contributed by atoms with Crippen molar-refractivity contribution in [1.82, 2.24) is 19.9 Å². The van der Waals surface area contributed by atoms with E-state index in [1.807, 2.05) is 0 Å². The number of anilines is 1. The third-order valence-corrected chi connectivity index (χ3v) is 5.00. The lowest BCUT2D eigenvalue weighted by Gasteiger charge is -2.21. The third-order valence-electron chi connectivity index (χ3n) is 4.80. The second-order valence-electron chi connectivity index (χ2n) is 6.69. The molecular weight excluding hydrogens is 354 g/mol. The number of nitrogen functional groups attached to an aromatic ring is 1. The molecule has 26 heavy (non-hydrogen) atoms. The van der Waals surface area contributed by atoms with E-state index in [9.17, 15) is 4.79 Å². The molecule has 0 atom stereocenters. The van der Waals surface area contributed by atoms with Crippen LogP contribution >= 0.6 is 11.6 Å². The van der Waals surface area contributed by atoms with Gasteiger partial charge in [0, 0.05) is 12.1 Å². The highest BCUT2D eigenvalue weighted by Crippen LogP contribution is 2.24. The van der Waals surface area contributed by atoms with Gasteiger partial charge in [-0.05, 0) is 54.6 Å². The molecule has 3 heterocycles. The predicted octanol–water partition coefficient (Wildman–Crippen LogP) is 3.54. The van der Waals surface area contributed by atoms with Gasteiger partial charge in [0.15, 0.2) is 16.6 Å². The Morgan fingerprint density at radius 3 is 2.85 bits per heavy atom. The zero-order valence-corrected chi connectivity index (χ0v) is 15.0. The summed E-state index contributed by atoms with van der Waals surface area (Å²) in [5.74, 6) is 1.57. The van der Waals surface area contributed by atoms with E-state index in [2.05, 4.69) is 15.4 Å². The molecule has 1 saturated carbocycles. The number of hydrogen-bond acceptors (Lipinski definition) is 5. The van der Waals surface area contributed by atoms with Crippen LogP contribution in [0.5, 0.6) is 0 Å². The first-order valence-electron chi connectivity index (χ1n) is 8.80. The first-order valence-corrected chi connectivity index (χ1v) is 9.18. The van der Waals surface area contributed by atoms with Crippen molar-refractivity contribution in [3.63, 3.8) is 0 Å². The first kappa shape index (κ1) is 16.9. The van der Waals surface area contributed by atoms with Crippen molar-refractivity contribution in [2.24, 2.45) is 5.92 Å². The van der Waals surface area contributed by atoms with Crippen molar-refractivity contribution >= 4 is 29.0 Å². The number of furan rings is 1. The zero-order valence-electron chi connectivity index (χ0n) is 14.2. The summed E-state index contributed by atoms with van der Waals surface area (Å²) in [7, 11) is 0. The number of aromatic nitrogens is 3. The summed E-state index contributed by atoms with van der Waals surface area (Å²) >= 11 is 5.80. The number of fused-ring (bicyclic) bond motifs is 1. The Kier molecular flexibility index (Phi) is 4.55. The average Bonchev–Trinajstić information content (AvgIpc) is 3.27. The molecule has 3 aromatic heterocycles. The van der Waals surface area contributed by atoms with E-state index >= 15 is 0 Å².